The normalized spacial score (nSPS) is 20.1. The third-order valence-electron chi connectivity index (χ3n) is 3.85. The Bertz CT molecular complexity index is 620. The van der Waals surface area contributed by atoms with Gasteiger partial charge < -0.3 is 15.2 Å². The van der Waals surface area contributed by atoms with Crippen molar-refractivity contribution in [1.82, 2.24) is 0 Å². The average molecular weight is 283 g/mol. The molecule has 0 radical (unpaired) electrons. The van der Waals surface area contributed by atoms with Crippen LogP contribution in [0.15, 0.2) is 17.0 Å². The average Bonchev–Trinajstić information content (AvgIpc) is 3.17. The highest BCUT2D eigenvalue weighted by molar-refractivity contribution is 7.90. The maximum atomic E-state index is 12.1. The maximum absolute atomic E-state index is 12.1. The lowest BCUT2D eigenvalue weighted by molar-refractivity contribution is 0.166. The molecule has 19 heavy (non-hydrogen) atoms. The molecule has 0 aromatic heterocycles. The zero-order valence-corrected chi connectivity index (χ0v) is 11.6. The van der Waals surface area contributed by atoms with E-state index in [2.05, 4.69) is 0 Å². The molecule has 1 aliphatic heterocycles. The van der Waals surface area contributed by atoms with Crippen molar-refractivity contribution < 1.29 is 17.9 Å². The van der Waals surface area contributed by atoms with Gasteiger partial charge in [-0.05, 0) is 24.5 Å². The third kappa shape index (κ3) is 1.99. The van der Waals surface area contributed by atoms with Gasteiger partial charge in [0.2, 0.25) is 0 Å². The monoisotopic (exact) mass is 283 g/mol. The third-order valence-corrected chi connectivity index (χ3v) is 5.00. The Hall–Kier alpha value is -1.27. The van der Waals surface area contributed by atoms with Crippen molar-refractivity contribution in [2.45, 2.75) is 23.2 Å². The van der Waals surface area contributed by atoms with Crippen LogP contribution in [-0.4, -0.2) is 34.4 Å². The van der Waals surface area contributed by atoms with E-state index in [4.69, 9.17) is 15.2 Å². The number of nitrogens with two attached hydrogens (primary N) is 1. The van der Waals surface area contributed by atoms with Gasteiger partial charge in [-0.2, -0.15) is 0 Å². The first kappa shape index (κ1) is 12.7. The number of rotatable bonds is 3. The van der Waals surface area contributed by atoms with E-state index >= 15 is 0 Å². The quantitative estimate of drug-likeness (QED) is 0.889. The molecule has 3 rings (SSSR count). The van der Waals surface area contributed by atoms with E-state index in [1.807, 2.05) is 6.07 Å². The Balaban J connectivity index is 2.26. The molecule has 0 amide bonds. The molecule has 1 heterocycles. The molecule has 6 heteroatoms. The van der Waals surface area contributed by atoms with Gasteiger partial charge >= 0.3 is 0 Å². The topological polar surface area (TPSA) is 78.6 Å². The fourth-order valence-corrected chi connectivity index (χ4v) is 3.79. The fourth-order valence-electron chi connectivity index (χ4n) is 2.61. The molecule has 104 valence electrons. The molecular weight excluding hydrogens is 266 g/mol. The van der Waals surface area contributed by atoms with Crippen molar-refractivity contribution in [3.05, 3.63) is 17.7 Å². The molecule has 0 unspecified atom stereocenters. The smallest absolute Gasteiger partial charge is 0.180 e. The molecule has 0 saturated heterocycles. The number of ether oxygens (including phenoxy) is 2. The Morgan fingerprint density at radius 2 is 1.95 bits per heavy atom. The summed E-state index contributed by atoms with van der Waals surface area (Å²) in [6.07, 6.45) is 3.05. The molecule has 0 atom stereocenters. The van der Waals surface area contributed by atoms with Gasteiger partial charge in [0.15, 0.2) is 21.3 Å². The summed E-state index contributed by atoms with van der Waals surface area (Å²) in [5, 5.41) is 0. The van der Waals surface area contributed by atoms with Crippen LogP contribution in [0.1, 0.15) is 18.4 Å². The van der Waals surface area contributed by atoms with Gasteiger partial charge in [-0.15, -0.1) is 0 Å². The van der Waals surface area contributed by atoms with Gasteiger partial charge in [-0.1, -0.05) is 6.07 Å². The predicted molar refractivity (Wildman–Crippen MR) is 70.5 cm³/mol. The molecule has 1 aromatic carbocycles. The summed E-state index contributed by atoms with van der Waals surface area (Å²) in [4.78, 5) is 0.257. The molecule has 2 N–H and O–H groups in total. The lowest BCUT2D eigenvalue weighted by Gasteiger charge is -2.25. The summed E-state index contributed by atoms with van der Waals surface area (Å²) in [6, 6.07) is 3.61. The Morgan fingerprint density at radius 1 is 1.26 bits per heavy atom. The van der Waals surface area contributed by atoms with E-state index in [0.717, 1.165) is 18.4 Å². The highest BCUT2D eigenvalue weighted by Gasteiger charge is 2.47. The number of hydrogen-bond acceptors (Lipinski definition) is 5. The largest absolute Gasteiger partial charge is 0.486 e. The van der Waals surface area contributed by atoms with Crippen molar-refractivity contribution in [1.29, 1.82) is 0 Å². The molecule has 1 aliphatic carbocycles. The van der Waals surface area contributed by atoms with Crippen LogP contribution >= 0.6 is 0 Å². The highest BCUT2D eigenvalue weighted by Crippen LogP contribution is 2.52. The molecular formula is C13H17NO4S. The first-order chi connectivity index (χ1) is 8.98. The van der Waals surface area contributed by atoms with E-state index in [9.17, 15) is 8.42 Å². The second-order valence-corrected chi connectivity index (χ2v) is 7.18. The second kappa shape index (κ2) is 4.11. The summed E-state index contributed by atoms with van der Waals surface area (Å²) < 4.78 is 35.3. The lowest BCUT2D eigenvalue weighted by Crippen LogP contribution is -2.24. The SMILES string of the molecule is CS(=O)(=O)c1c(C2(CN)CC2)ccc2c1OCCO2. The van der Waals surface area contributed by atoms with Crippen molar-refractivity contribution in [3.63, 3.8) is 0 Å². The Kier molecular flexibility index (Phi) is 2.76. The molecule has 1 saturated carbocycles. The second-order valence-electron chi connectivity index (χ2n) is 5.22. The van der Waals surface area contributed by atoms with Crippen LogP contribution in [0.2, 0.25) is 0 Å². The van der Waals surface area contributed by atoms with Crippen molar-refractivity contribution in [2.24, 2.45) is 5.73 Å². The van der Waals surface area contributed by atoms with Gasteiger partial charge in [0.05, 0.1) is 0 Å². The zero-order valence-electron chi connectivity index (χ0n) is 10.8. The van der Waals surface area contributed by atoms with Crippen LogP contribution in [0.5, 0.6) is 11.5 Å². The van der Waals surface area contributed by atoms with Crippen molar-refractivity contribution >= 4 is 9.84 Å². The van der Waals surface area contributed by atoms with Crippen LogP contribution in [0.4, 0.5) is 0 Å². The van der Waals surface area contributed by atoms with Gasteiger partial charge in [0, 0.05) is 18.2 Å². The Morgan fingerprint density at radius 3 is 2.53 bits per heavy atom. The minimum Gasteiger partial charge on any atom is -0.486 e. The summed E-state index contributed by atoms with van der Waals surface area (Å²) in [6.45, 7) is 1.27. The van der Waals surface area contributed by atoms with Crippen LogP contribution in [0, 0.1) is 0 Å². The highest BCUT2D eigenvalue weighted by atomic mass is 32.2. The minimum absolute atomic E-state index is 0.200. The molecule has 2 aliphatic rings. The number of benzene rings is 1. The first-order valence-electron chi connectivity index (χ1n) is 6.31. The number of hydrogen-bond donors (Lipinski definition) is 1. The van der Waals surface area contributed by atoms with Crippen molar-refractivity contribution in [2.75, 3.05) is 26.0 Å². The predicted octanol–water partition coefficient (Wildman–Crippen LogP) is 0.852. The summed E-state index contributed by atoms with van der Waals surface area (Å²) in [5.41, 5.74) is 6.40. The summed E-state index contributed by atoms with van der Waals surface area (Å²) in [7, 11) is -3.39. The molecule has 0 spiro atoms. The molecule has 5 nitrogen and oxygen atoms in total. The van der Waals surface area contributed by atoms with Crippen LogP contribution in [0.3, 0.4) is 0 Å². The van der Waals surface area contributed by atoms with Gasteiger partial charge in [-0.3, -0.25) is 0 Å². The minimum atomic E-state index is -3.39. The van der Waals surface area contributed by atoms with Gasteiger partial charge in [-0.25, -0.2) is 8.42 Å². The van der Waals surface area contributed by atoms with Crippen LogP contribution in [-0.2, 0) is 15.3 Å². The first-order valence-corrected chi connectivity index (χ1v) is 8.20. The van der Waals surface area contributed by atoms with Crippen LogP contribution in [0.25, 0.3) is 0 Å². The number of fused-ring (bicyclic) bond motifs is 1. The van der Waals surface area contributed by atoms with E-state index in [1.165, 1.54) is 6.26 Å². The van der Waals surface area contributed by atoms with Gasteiger partial charge in [0.25, 0.3) is 0 Å². The van der Waals surface area contributed by atoms with Crippen LogP contribution < -0.4 is 15.2 Å². The van der Waals surface area contributed by atoms with E-state index in [-0.39, 0.29) is 10.3 Å². The van der Waals surface area contributed by atoms with Crippen molar-refractivity contribution in [3.8, 4) is 11.5 Å². The molecule has 1 fully saturated rings. The van der Waals surface area contributed by atoms with Gasteiger partial charge in [0.1, 0.15) is 18.1 Å². The van der Waals surface area contributed by atoms with E-state index in [1.54, 1.807) is 6.07 Å². The fraction of sp³-hybridized carbons (Fsp3) is 0.538. The lowest BCUT2D eigenvalue weighted by atomic mass is 9.95. The molecule has 1 aromatic rings. The van der Waals surface area contributed by atoms with E-state index in [0.29, 0.717) is 31.3 Å². The maximum Gasteiger partial charge on any atom is 0.180 e. The standard InChI is InChI=1S/C13H17NO4S/c1-19(15,16)12-9(13(8-14)4-5-13)2-3-10-11(12)18-7-6-17-10/h2-3H,4-8,14H2,1H3. The zero-order chi connectivity index (χ0) is 13.7. The number of sulfone groups is 1. The van der Waals surface area contributed by atoms with E-state index < -0.39 is 9.84 Å². The molecule has 0 bridgehead atoms. The Labute approximate surface area is 112 Å². The summed E-state index contributed by atoms with van der Waals surface area (Å²) in [5.74, 6) is 0.856. The summed E-state index contributed by atoms with van der Waals surface area (Å²) >= 11 is 0.